The van der Waals surface area contributed by atoms with Crippen molar-refractivity contribution < 1.29 is 9.21 Å². The van der Waals surface area contributed by atoms with Crippen molar-refractivity contribution in [3.8, 4) is 11.6 Å². The SMILES string of the molecule is CC(C)Cn1c(SCC(=O)NC(C)(C)C)nnc1-c1ccco1. The van der Waals surface area contributed by atoms with Crippen LogP contribution in [-0.2, 0) is 11.3 Å². The second-order valence-corrected chi connectivity index (χ2v) is 7.82. The van der Waals surface area contributed by atoms with E-state index >= 15 is 0 Å². The number of carbonyl (C=O) groups excluding carboxylic acids is 1. The van der Waals surface area contributed by atoms with Crippen molar-refractivity contribution in [2.75, 3.05) is 5.75 Å². The molecule has 0 atom stereocenters. The third-order valence-electron chi connectivity index (χ3n) is 2.85. The van der Waals surface area contributed by atoms with E-state index in [1.807, 2.05) is 37.5 Å². The summed E-state index contributed by atoms with van der Waals surface area (Å²) >= 11 is 1.39. The topological polar surface area (TPSA) is 73.0 Å². The smallest absolute Gasteiger partial charge is 0.230 e. The summed E-state index contributed by atoms with van der Waals surface area (Å²) in [5.74, 6) is 2.11. The Labute approximate surface area is 141 Å². The highest BCUT2D eigenvalue weighted by atomic mass is 32.2. The summed E-state index contributed by atoms with van der Waals surface area (Å²) < 4.78 is 7.45. The minimum Gasteiger partial charge on any atom is -0.461 e. The van der Waals surface area contributed by atoms with Crippen LogP contribution >= 0.6 is 11.8 Å². The average molecular weight is 336 g/mol. The molecule has 0 radical (unpaired) electrons. The molecule has 2 aromatic rings. The van der Waals surface area contributed by atoms with E-state index in [1.54, 1.807) is 6.26 Å². The molecule has 0 saturated carbocycles. The number of hydrogen-bond donors (Lipinski definition) is 1. The van der Waals surface area contributed by atoms with Crippen LogP contribution in [0.2, 0.25) is 0 Å². The molecule has 1 amide bonds. The fourth-order valence-electron chi connectivity index (χ4n) is 2.10. The van der Waals surface area contributed by atoms with Crippen LogP contribution in [0, 0.1) is 5.92 Å². The Balaban J connectivity index is 2.14. The van der Waals surface area contributed by atoms with Crippen molar-refractivity contribution in [3.63, 3.8) is 0 Å². The van der Waals surface area contributed by atoms with Crippen LogP contribution in [-0.4, -0.2) is 32.0 Å². The molecule has 0 aliphatic rings. The maximum absolute atomic E-state index is 12.0. The predicted octanol–water partition coefficient (Wildman–Crippen LogP) is 3.20. The molecule has 7 heteroatoms. The van der Waals surface area contributed by atoms with Gasteiger partial charge in [-0.3, -0.25) is 9.36 Å². The Morgan fingerprint density at radius 2 is 2.13 bits per heavy atom. The van der Waals surface area contributed by atoms with Gasteiger partial charge in [-0.2, -0.15) is 0 Å². The monoisotopic (exact) mass is 336 g/mol. The van der Waals surface area contributed by atoms with Gasteiger partial charge in [0, 0.05) is 12.1 Å². The lowest BCUT2D eigenvalue weighted by Crippen LogP contribution is -2.41. The van der Waals surface area contributed by atoms with Gasteiger partial charge >= 0.3 is 0 Å². The number of carbonyl (C=O) groups is 1. The molecule has 6 nitrogen and oxygen atoms in total. The maximum Gasteiger partial charge on any atom is 0.230 e. The van der Waals surface area contributed by atoms with Gasteiger partial charge < -0.3 is 9.73 Å². The summed E-state index contributed by atoms with van der Waals surface area (Å²) in [6.07, 6.45) is 1.62. The summed E-state index contributed by atoms with van der Waals surface area (Å²) in [7, 11) is 0. The van der Waals surface area contributed by atoms with E-state index in [9.17, 15) is 4.79 Å². The van der Waals surface area contributed by atoms with E-state index in [2.05, 4.69) is 29.4 Å². The molecule has 23 heavy (non-hydrogen) atoms. The number of hydrogen-bond acceptors (Lipinski definition) is 5. The molecule has 0 bridgehead atoms. The molecule has 0 aromatic carbocycles. The molecule has 126 valence electrons. The molecular formula is C16H24N4O2S. The fraction of sp³-hybridized carbons (Fsp3) is 0.562. The van der Waals surface area contributed by atoms with Gasteiger partial charge in [0.05, 0.1) is 12.0 Å². The number of furan rings is 1. The number of amides is 1. The molecule has 2 aromatic heterocycles. The van der Waals surface area contributed by atoms with Gasteiger partial charge in [-0.15, -0.1) is 10.2 Å². The molecule has 0 aliphatic carbocycles. The first-order chi connectivity index (χ1) is 10.8. The minimum atomic E-state index is -0.234. The van der Waals surface area contributed by atoms with Gasteiger partial charge in [0.15, 0.2) is 16.7 Å². The van der Waals surface area contributed by atoms with Crippen molar-refractivity contribution in [2.45, 2.75) is 51.9 Å². The van der Waals surface area contributed by atoms with E-state index in [1.165, 1.54) is 11.8 Å². The molecule has 0 spiro atoms. The first-order valence-corrected chi connectivity index (χ1v) is 8.65. The van der Waals surface area contributed by atoms with Crippen LogP contribution in [0.3, 0.4) is 0 Å². The second kappa shape index (κ2) is 7.21. The van der Waals surface area contributed by atoms with Gasteiger partial charge in [0.1, 0.15) is 0 Å². The average Bonchev–Trinajstić information content (AvgIpc) is 3.03. The molecule has 2 heterocycles. The van der Waals surface area contributed by atoms with Gasteiger partial charge in [0.25, 0.3) is 0 Å². The molecular weight excluding hydrogens is 312 g/mol. The lowest BCUT2D eigenvalue weighted by Gasteiger charge is -2.20. The van der Waals surface area contributed by atoms with Crippen LogP contribution in [0.25, 0.3) is 11.6 Å². The van der Waals surface area contributed by atoms with Crippen LogP contribution < -0.4 is 5.32 Å². The molecule has 0 aliphatic heterocycles. The highest BCUT2D eigenvalue weighted by Gasteiger charge is 2.19. The summed E-state index contributed by atoms with van der Waals surface area (Å²) in [6.45, 7) is 10.9. The van der Waals surface area contributed by atoms with E-state index < -0.39 is 0 Å². The van der Waals surface area contributed by atoms with E-state index in [0.29, 0.717) is 23.3 Å². The van der Waals surface area contributed by atoms with Crippen molar-refractivity contribution in [2.24, 2.45) is 5.92 Å². The van der Waals surface area contributed by atoms with Crippen LogP contribution in [0.1, 0.15) is 34.6 Å². The summed E-state index contributed by atoms with van der Waals surface area (Å²) in [6, 6.07) is 3.69. The summed E-state index contributed by atoms with van der Waals surface area (Å²) in [5.41, 5.74) is -0.234. The number of aromatic nitrogens is 3. The third kappa shape index (κ3) is 5.13. The Morgan fingerprint density at radius 1 is 1.39 bits per heavy atom. The zero-order valence-electron chi connectivity index (χ0n) is 14.3. The number of thioether (sulfide) groups is 1. The quantitative estimate of drug-likeness (QED) is 0.820. The second-order valence-electron chi connectivity index (χ2n) is 6.87. The predicted molar refractivity (Wildman–Crippen MR) is 91.2 cm³/mol. The standard InChI is InChI=1S/C16H24N4O2S/c1-11(2)9-20-14(12-7-6-8-22-12)18-19-15(20)23-10-13(21)17-16(3,4)5/h6-8,11H,9-10H2,1-5H3,(H,17,21). The van der Waals surface area contributed by atoms with Gasteiger partial charge in [-0.05, 0) is 38.8 Å². The zero-order chi connectivity index (χ0) is 17.0. The van der Waals surface area contributed by atoms with E-state index in [0.717, 1.165) is 11.7 Å². The van der Waals surface area contributed by atoms with Gasteiger partial charge in [0.2, 0.25) is 5.91 Å². The number of nitrogens with one attached hydrogen (secondary N) is 1. The van der Waals surface area contributed by atoms with Crippen LogP contribution in [0.4, 0.5) is 0 Å². The lowest BCUT2D eigenvalue weighted by molar-refractivity contribution is -0.119. The highest BCUT2D eigenvalue weighted by molar-refractivity contribution is 7.99. The maximum atomic E-state index is 12.0. The third-order valence-corrected chi connectivity index (χ3v) is 3.82. The Kier molecular flexibility index (Phi) is 5.51. The van der Waals surface area contributed by atoms with Crippen molar-refractivity contribution in [1.29, 1.82) is 0 Å². The number of nitrogens with zero attached hydrogens (tertiary/aromatic N) is 3. The molecule has 2 rings (SSSR count). The van der Waals surface area contributed by atoms with Crippen molar-refractivity contribution in [1.82, 2.24) is 20.1 Å². The van der Waals surface area contributed by atoms with Crippen LogP contribution in [0.15, 0.2) is 28.0 Å². The Hall–Kier alpha value is -1.76. The number of rotatable bonds is 6. The van der Waals surface area contributed by atoms with Crippen LogP contribution in [0.5, 0.6) is 0 Å². The summed E-state index contributed by atoms with van der Waals surface area (Å²) in [5, 5.41) is 12.1. The normalized spacial score (nSPS) is 11.9. The van der Waals surface area contributed by atoms with E-state index in [4.69, 9.17) is 4.42 Å². The Bertz CT molecular complexity index is 642. The fourth-order valence-corrected chi connectivity index (χ4v) is 2.85. The molecule has 1 N–H and O–H groups in total. The van der Waals surface area contributed by atoms with Gasteiger partial charge in [-0.25, -0.2) is 0 Å². The van der Waals surface area contributed by atoms with E-state index in [-0.39, 0.29) is 11.4 Å². The molecule has 0 saturated heterocycles. The van der Waals surface area contributed by atoms with Crippen molar-refractivity contribution >= 4 is 17.7 Å². The first kappa shape index (κ1) is 17.6. The summed E-state index contributed by atoms with van der Waals surface area (Å²) in [4.78, 5) is 12.0. The Morgan fingerprint density at radius 3 is 2.70 bits per heavy atom. The molecule has 0 unspecified atom stereocenters. The molecule has 0 fully saturated rings. The van der Waals surface area contributed by atoms with Gasteiger partial charge in [-0.1, -0.05) is 25.6 Å². The minimum absolute atomic E-state index is 0.0128. The largest absolute Gasteiger partial charge is 0.461 e. The highest BCUT2D eigenvalue weighted by Crippen LogP contribution is 2.25. The first-order valence-electron chi connectivity index (χ1n) is 7.67. The van der Waals surface area contributed by atoms with Crippen molar-refractivity contribution in [3.05, 3.63) is 18.4 Å². The zero-order valence-corrected chi connectivity index (χ0v) is 15.1. The lowest BCUT2D eigenvalue weighted by atomic mass is 10.1.